The molecule has 0 aromatic carbocycles. The van der Waals surface area contributed by atoms with Crippen molar-refractivity contribution in [1.29, 1.82) is 0 Å². The third-order valence-corrected chi connectivity index (χ3v) is 4.46. The Morgan fingerprint density at radius 1 is 1.56 bits per heavy atom. The Morgan fingerprint density at radius 2 is 2.28 bits per heavy atom. The molecule has 1 aromatic rings. The average molecular weight is 274 g/mol. The fraction of sp³-hybridized carbons (Fsp3) is 0.500. The number of nitrogen functional groups attached to an aromatic ring is 1. The summed E-state index contributed by atoms with van der Waals surface area (Å²) in [4.78, 5) is 3.88. The van der Waals surface area contributed by atoms with Crippen LogP contribution in [0.1, 0.15) is 6.92 Å². The van der Waals surface area contributed by atoms with Gasteiger partial charge in [0, 0.05) is 32.6 Å². The van der Waals surface area contributed by atoms with Crippen LogP contribution in [0.2, 0.25) is 0 Å². The Balaban J connectivity index is 3.10. The van der Waals surface area contributed by atoms with Gasteiger partial charge in [0.25, 0.3) is 0 Å². The molecule has 0 amide bonds. The average Bonchev–Trinajstić information content (AvgIpc) is 2.39. The third-order valence-electron chi connectivity index (χ3n) is 2.46. The molecule has 0 bridgehead atoms. The topological polar surface area (TPSA) is 97.5 Å². The standard InChI is InChI=1S/C10H18N4O3S/c1-3-14(6-7-17-2)18(15,16)10-8-12-5-4-9(10)13-11/h4-5,8H,3,6-7,11H2,1-2H3,(H,12,13). The van der Waals surface area contributed by atoms with Crippen LogP contribution in [0, 0.1) is 0 Å². The molecule has 0 atom stereocenters. The molecule has 18 heavy (non-hydrogen) atoms. The van der Waals surface area contributed by atoms with E-state index in [-0.39, 0.29) is 11.4 Å². The minimum atomic E-state index is -3.62. The first-order chi connectivity index (χ1) is 8.57. The number of sulfonamides is 1. The van der Waals surface area contributed by atoms with Crippen molar-refractivity contribution >= 4 is 15.7 Å². The molecule has 0 aliphatic rings. The molecule has 3 N–H and O–H groups in total. The number of hydrogen-bond acceptors (Lipinski definition) is 6. The second kappa shape index (κ2) is 6.64. The lowest BCUT2D eigenvalue weighted by atomic mass is 10.4. The number of pyridine rings is 1. The molecule has 0 fully saturated rings. The highest BCUT2D eigenvalue weighted by atomic mass is 32.2. The second-order valence-corrected chi connectivity index (χ2v) is 5.41. The monoisotopic (exact) mass is 274 g/mol. The van der Waals surface area contributed by atoms with E-state index in [1.54, 1.807) is 6.92 Å². The smallest absolute Gasteiger partial charge is 0.246 e. The predicted molar refractivity (Wildman–Crippen MR) is 68.4 cm³/mol. The minimum absolute atomic E-state index is 0.0606. The number of likely N-dealkylation sites (N-methyl/N-ethyl adjacent to an activating group) is 1. The number of nitrogens with two attached hydrogens (primary N) is 1. The van der Waals surface area contributed by atoms with Crippen molar-refractivity contribution in [3.63, 3.8) is 0 Å². The highest BCUT2D eigenvalue weighted by Gasteiger charge is 2.25. The van der Waals surface area contributed by atoms with Gasteiger partial charge >= 0.3 is 0 Å². The summed E-state index contributed by atoms with van der Waals surface area (Å²) in [6.45, 7) is 2.73. The molecule has 0 aliphatic heterocycles. The normalized spacial score (nSPS) is 11.8. The van der Waals surface area contributed by atoms with Crippen molar-refractivity contribution < 1.29 is 13.2 Å². The van der Waals surface area contributed by atoms with E-state index in [1.165, 1.54) is 29.9 Å². The third kappa shape index (κ3) is 3.16. The van der Waals surface area contributed by atoms with Crippen LogP contribution in [0.5, 0.6) is 0 Å². The van der Waals surface area contributed by atoms with Gasteiger partial charge in [-0.2, -0.15) is 4.31 Å². The zero-order valence-electron chi connectivity index (χ0n) is 10.5. The van der Waals surface area contributed by atoms with Crippen LogP contribution in [0.4, 0.5) is 5.69 Å². The summed E-state index contributed by atoms with van der Waals surface area (Å²) in [6.07, 6.45) is 2.75. The zero-order chi connectivity index (χ0) is 13.6. The summed E-state index contributed by atoms with van der Waals surface area (Å²) in [5, 5.41) is 0. The van der Waals surface area contributed by atoms with E-state index in [0.29, 0.717) is 18.8 Å². The van der Waals surface area contributed by atoms with E-state index in [4.69, 9.17) is 10.6 Å². The van der Waals surface area contributed by atoms with Gasteiger partial charge in [0.15, 0.2) is 0 Å². The number of aromatic nitrogens is 1. The lowest BCUT2D eigenvalue weighted by Crippen LogP contribution is -2.34. The lowest BCUT2D eigenvalue weighted by molar-refractivity contribution is 0.180. The van der Waals surface area contributed by atoms with Gasteiger partial charge in [0.1, 0.15) is 4.90 Å². The minimum Gasteiger partial charge on any atom is -0.383 e. The van der Waals surface area contributed by atoms with Crippen LogP contribution < -0.4 is 11.3 Å². The first-order valence-electron chi connectivity index (χ1n) is 5.47. The molecule has 1 aromatic heterocycles. The summed E-state index contributed by atoms with van der Waals surface area (Å²) >= 11 is 0. The maximum Gasteiger partial charge on any atom is 0.246 e. The Bertz CT molecular complexity index is 478. The number of anilines is 1. The maximum atomic E-state index is 12.4. The number of methoxy groups -OCH3 is 1. The van der Waals surface area contributed by atoms with Gasteiger partial charge in [-0.3, -0.25) is 10.8 Å². The van der Waals surface area contributed by atoms with Crippen molar-refractivity contribution in [2.45, 2.75) is 11.8 Å². The van der Waals surface area contributed by atoms with E-state index < -0.39 is 10.0 Å². The van der Waals surface area contributed by atoms with Crippen LogP contribution in [0.15, 0.2) is 23.4 Å². The Morgan fingerprint density at radius 3 is 2.83 bits per heavy atom. The lowest BCUT2D eigenvalue weighted by Gasteiger charge is -2.21. The van der Waals surface area contributed by atoms with Crippen molar-refractivity contribution in [1.82, 2.24) is 9.29 Å². The van der Waals surface area contributed by atoms with Gasteiger partial charge in [0.05, 0.1) is 12.3 Å². The molecular formula is C10H18N4O3S. The van der Waals surface area contributed by atoms with Crippen LogP contribution in [0.25, 0.3) is 0 Å². The molecule has 7 nitrogen and oxygen atoms in total. The van der Waals surface area contributed by atoms with Gasteiger partial charge in [-0.1, -0.05) is 6.92 Å². The molecule has 1 heterocycles. The van der Waals surface area contributed by atoms with E-state index in [0.717, 1.165) is 0 Å². The van der Waals surface area contributed by atoms with Crippen molar-refractivity contribution in [2.24, 2.45) is 5.84 Å². The number of nitrogens with one attached hydrogen (secondary N) is 1. The summed E-state index contributed by atoms with van der Waals surface area (Å²) < 4.78 is 31.0. The predicted octanol–water partition coefficient (Wildman–Crippen LogP) is 0.0242. The SMILES string of the molecule is CCN(CCOC)S(=O)(=O)c1cnccc1NN. The first kappa shape index (κ1) is 14.8. The summed E-state index contributed by atoms with van der Waals surface area (Å²) in [7, 11) is -2.09. The van der Waals surface area contributed by atoms with E-state index in [1.807, 2.05) is 0 Å². The van der Waals surface area contributed by atoms with Crippen molar-refractivity contribution in [3.8, 4) is 0 Å². The molecular weight excluding hydrogens is 256 g/mol. The Hall–Kier alpha value is -1.22. The van der Waals surface area contributed by atoms with E-state index in [9.17, 15) is 8.42 Å². The molecule has 102 valence electrons. The molecule has 0 radical (unpaired) electrons. The molecule has 0 saturated carbocycles. The molecule has 1 rings (SSSR count). The largest absolute Gasteiger partial charge is 0.383 e. The molecule has 0 spiro atoms. The van der Waals surface area contributed by atoms with Gasteiger partial charge in [-0.25, -0.2) is 8.42 Å². The zero-order valence-corrected chi connectivity index (χ0v) is 11.3. The van der Waals surface area contributed by atoms with Gasteiger partial charge in [-0.05, 0) is 6.07 Å². The molecule has 8 heteroatoms. The summed E-state index contributed by atoms with van der Waals surface area (Å²) in [6, 6.07) is 1.51. The van der Waals surface area contributed by atoms with E-state index >= 15 is 0 Å². The number of hydrazine groups is 1. The van der Waals surface area contributed by atoms with E-state index in [2.05, 4.69) is 10.4 Å². The van der Waals surface area contributed by atoms with Crippen LogP contribution in [0.3, 0.4) is 0 Å². The van der Waals surface area contributed by atoms with Crippen molar-refractivity contribution in [3.05, 3.63) is 18.5 Å². The maximum absolute atomic E-state index is 12.4. The summed E-state index contributed by atoms with van der Waals surface area (Å²) in [5.41, 5.74) is 2.68. The number of nitrogens with zero attached hydrogens (tertiary/aromatic N) is 2. The molecule has 0 aliphatic carbocycles. The van der Waals surface area contributed by atoms with Crippen molar-refractivity contribution in [2.75, 3.05) is 32.2 Å². The Kier molecular flexibility index (Phi) is 5.48. The number of ether oxygens (including phenoxy) is 1. The number of rotatable bonds is 7. The van der Waals surface area contributed by atoms with Crippen LogP contribution >= 0.6 is 0 Å². The number of hydrogen-bond donors (Lipinski definition) is 2. The van der Waals surface area contributed by atoms with Crippen LogP contribution in [-0.2, 0) is 14.8 Å². The summed E-state index contributed by atoms with van der Waals surface area (Å²) in [5.74, 6) is 5.30. The molecule has 0 unspecified atom stereocenters. The fourth-order valence-electron chi connectivity index (χ4n) is 1.49. The fourth-order valence-corrected chi connectivity index (χ4v) is 3.02. The van der Waals surface area contributed by atoms with Gasteiger partial charge < -0.3 is 10.2 Å². The Labute approximate surface area is 107 Å². The first-order valence-corrected chi connectivity index (χ1v) is 6.91. The highest BCUT2D eigenvalue weighted by molar-refractivity contribution is 7.89. The van der Waals surface area contributed by atoms with Gasteiger partial charge in [-0.15, -0.1) is 0 Å². The molecule has 0 saturated heterocycles. The quantitative estimate of drug-likeness (QED) is 0.537. The second-order valence-electron chi connectivity index (χ2n) is 3.51. The van der Waals surface area contributed by atoms with Crippen LogP contribution in [-0.4, -0.2) is 44.5 Å². The van der Waals surface area contributed by atoms with Gasteiger partial charge in [0.2, 0.25) is 10.0 Å². The highest BCUT2D eigenvalue weighted by Crippen LogP contribution is 2.22.